The van der Waals surface area contributed by atoms with Gasteiger partial charge in [-0.1, -0.05) is 39.0 Å². The van der Waals surface area contributed by atoms with Gasteiger partial charge in [-0.15, -0.1) is 0 Å². The summed E-state index contributed by atoms with van der Waals surface area (Å²) in [4.78, 5) is 0. The number of unbranched alkanes of at least 4 members (excludes halogenated alkanes) is 5. The van der Waals surface area contributed by atoms with Crippen molar-refractivity contribution in [3.63, 3.8) is 0 Å². The SMILES string of the molecule is CCCCCCCCO[C@H]1O[C@H](CO)[C@H](O)[C@H](O)[C@H]1O. The van der Waals surface area contributed by atoms with Gasteiger partial charge in [-0.2, -0.15) is 0 Å². The van der Waals surface area contributed by atoms with Crippen LogP contribution in [0.2, 0.25) is 0 Å². The van der Waals surface area contributed by atoms with Crippen molar-refractivity contribution in [1.82, 2.24) is 0 Å². The number of hydrogen-bond donors (Lipinski definition) is 4. The van der Waals surface area contributed by atoms with E-state index >= 15 is 0 Å². The van der Waals surface area contributed by atoms with Crippen LogP contribution in [0.5, 0.6) is 0 Å². The highest BCUT2D eigenvalue weighted by atomic mass is 16.7. The van der Waals surface area contributed by atoms with Crippen LogP contribution in [-0.2, 0) is 9.47 Å². The number of ether oxygens (including phenoxy) is 2. The third-order valence-electron chi connectivity index (χ3n) is 3.63. The maximum absolute atomic E-state index is 9.75. The fourth-order valence-corrected chi connectivity index (χ4v) is 2.29. The molecule has 20 heavy (non-hydrogen) atoms. The lowest BCUT2D eigenvalue weighted by atomic mass is 9.99. The summed E-state index contributed by atoms with van der Waals surface area (Å²) in [5, 5.41) is 38.0. The molecular formula is C14H28O6. The standard InChI is InChI=1S/C14H28O6/c1-2-3-4-5-6-7-8-19-14-13(18)12(17)11(16)10(9-15)20-14/h10-18H,2-9H2,1H3/t10-,11+,12+,13-,14+/m1/s1. The van der Waals surface area contributed by atoms with Gasteiger partial charge in [0.05, 0.1) is 6.61 Å². The lowest BCUT2D eigenvalue weighted by Crippen LogP contribution is -2.59. The third-order valence-corrected chi connectivity index (χ3v) is 3.63. The number of aliphatic hydroxyl groups is 4. The molecule has 1 aliphatic rings. The molecule has 0 aromatic carbocycles. The Labute approximate surface area is 120 Å². The van der Waals surface area contributed by atoms with Gasteiger partial charge in [0.1, 0.15) is 24.4 Å². The predicted octanol–water partition coefficient (Wildman–Crippen LogP) is 0.163. The maximum Gasteiger partial charge on any atom is 0.186 e. The van der Waals surface area contributed by atoms with Gasteiger partial charge in [0.2, 0.25) is 0 Å². The molecule has 1 saturated heterocycles. The largest absolute Gasteiger partial charge is 0.394 e. The van der Waals surface area contributed by atoms with Crippen LogP contribution in [0.25, 0.3) is 0 Å². The first-order chi connectivity index (χ1) is 9.61. The summed E-state index contributed by atoms with van der Waals surface area (Å²) in [5.74, 6) is 0. The van der Waals surface area contributed by atoms with Crippen molar-refractivity contribution < 1.29 is 29.9 Å². The van der Waals surface area contributed by atoms with Crippen molar-refractivity contribution in [2.24, 2.45) is 0 Å². The van der Waals surface area contributed by atoms with E-state index in [9.17, 15) is 15.3 Å². The van der Waals surface area contributed by atoms with Crippen LogP contribution in [0.15, 0.2) is 0 Å². The lowest BCUT2D eigenvalue weighted by molar-refractivity contribution is -0.301. The molecule has 0 radical (unpaired) electrons. The highest BCUT2D eigenvalue weighted by molar-refractivity contribution is 4.88. The van der Waals surface area contributed by atoms with E-state index in [0.29, 0.717) is 6.61 Å². The molecule has 5 atom stereocenters. The quantitative estimate of drug-likeness (QED) is 0.452. The normalized spacial score (nSPS) is 34.4. The Morgan fingerprint density at radius 3 is 2.20 bits per heavy atom. The minimum Gasteiger partial charge on any atom is -0.394 e. The summed E-state index contributed by atoms with van der Waals surface area (Å²) in [5.41, 5.74) is 0. The van der Waals surface area contributed by atoms with E-state index in [2.05, 4.69) is 6.92 Å². The third kappa shape index (κ3) is 5.27. The molecule has 6 nitrogen and oxygen atoms in total. The van der Waals surface area contributed by atoms with Crippen molar-refractivity contribution in [3.05, 3.63) is 0 Å². The smallest absolute Gasteiger partial charge is 0.186 e. The Morgan fingerprint density at radius 2 is 1.55 bits per heavy atom. The van der Waals surface area contributed by atoms with E-state index < -0.39 is 37.3 Å². The van der Waals surface area contributed by atoms with Gasteiger partial charge in [-0.25, -0.2) is 0 Å². The molecule has 0 bridgehead atoms. The van der Waals surface area contributed by atoms with Crippen molar-refractivity contribution in [3.8, 4) is 0 Å². The van der Waals surface area contributed by atoms with Crippen LogP contribution in [-0.4, -0.2) is 64.3 Å². The topological polar surface area (TPSA) is 99.4 Å². The zero-order chi connectivity index (χ0) is 15.0. The Hall–Kier alpha value is -0.240. The molecule has 1 rings (SSSR count). The van der Waals surface area contributed by atoms with Gasteiger partial charge in [0.15, 0.2) is 6.29 Å². The molecule has 0 spiro atoms. The summed E-state index contributed by atoms with van der Waals surface area (Å²) in [6.45, 7) is 2.17. The fourth-order valence-electron chi connectivity index (χ4n) is 2.29. The van der Waals surface area contributed by atoms with Crippen LogP contribution in [0.4, 0.5) is 0 Å². The van der Waals surface area contributed by atoms with Crippen LogP contribution >= 0.6 is 0 Å². The summed E-state index contributed by atoms with van der Waals surface area (Å²) in [6.07, 6.45) is 0.851. The molecule has 0 aromatic heterocycles. The molecule has 0 aromatic rings. The molecule has 0 unspecified atom stereocenters. The van der Waals surface area contributed by atoms with Crippen molar-refractivity contribution in [2.75, 3.05) is 13.2 Å². The zero-order valence-electron chi connectivity index (χ0n) is 12.1. The average molecular weight is 292 g/mol. The number of rotatable bonds is 9. The van der Waals surface area contributed by atoms with E-state index in [1.165, 1.54) is 19.3 Å². The minimum atomic E-state index is -1.37. The van der Waals surface area contributed by atoms with Crippen LogP contribution in [0.1, 0.15) is 45.4 Å². The van der Waals surface area contributed by atoms with Gasteiger partial charge in [0, 0.05) is 6.61 Å². The Bertz CT molecular complexity index is 248. The second-order valence-electron chi connectivity index (χ2n) is 5.34. The van der Waals surface area contributed by atoms with Gasteiger partial charge in [0.25, 0.3) is 0 Å². The van der Waals surface area contributed by atoms with Crippen molar-refractivity contribution >= 4 is 0 Å². The first-order valence-electron chi connectivity index (χ1n) is 7.54. The monoisotopic (exact) mass is 292 g/mol. The van der Waals surface area contributed by atoms with Crippen molar-refractivity contribution in [1.29, 1.82) is 0 Å². The Morgan fingerprint density at radius 1 is 0.900 bits per heavy atom. The second kappa shape index (κ2) is 9.65. The van der Waals surface area contributed by atoms with Crippen LogP contribution in [0, 0.1) is 0 Å². The van der Waals surface area contributed by atoms with Gasteiger partial charge >= 0.3 is 0 Å². The van der Waals surface area contributed by atoms with E-state index in [1.54, 1.807) is 0 Å². The predicted molar refractivity (Wildman–Crippen MR) is 73.1 cm³/mol. The molecule has 0 saturated carbocycles. The van der Waals surface area contributed by atoms with Crippen molar-refractivity contribution in [2.45, 2.75) is 76.2 Å². The van der Waals surface area contributed by atoms with Gasteiger partial charge in [-0.05, 0) is 6.42 Å². The highest BCUT2D eigenvalue weighted by Crippen LogP contribution is 2.22. The molecule has 0 amide bonds. The molecular weight excluding hydrogens is 264 g/mol. The Kier molecular flexibility index (Phi) is 8.60. The molecule has 6 heteroatoms. The molecule has 1 heterocycles. The average Bonchev–Trinajstić information content (AvgIpc) is 2.46. The molecule has 1 fully saturated rings. The summed E-state index contributed by atoms with van der Waals surface area (Å²) < 4.78 is 10.6. The second-order valence-corrected chi connectivity index (χ2v) is 5.34. The molecule has 4 N–H and O–H groups in total. The summed E-state index contributed by atoms with van der Waals surface area (Å²) >= 11 is 0. The van der Waals surface area contributed by atoms with Gasteiger partial charge in [-0.3, -0.25) is 0 Å². The van der Waals surface area contributed by atoms with E-state index in [-0.39, 0.29) is 0 Å². The number of aliphatic hydroxyl groups excluding tert-OH is 4. The van der Waals surface area contributed by atoms with Gasteiger partial charge < -0.3 is 29.9 Å². The summed E-state index contributed by atoms with van der Waals surface area (Å²) in [7, 11) is 0. The maximum atomic E-state index is 9.75. The first-order valence-corrected chi connectivity index (χ1v) is 7.54. The molecule has 1 aliphatic heterocycles. The van der Waals surface area contributed by atoms with Crippen LogP contribution in [0.3, 0.4) is 0 Å². The van der Waals surface area contributed by atoms with E-state index in [0.717, 1.165) is 19.3 Å². The summed E-state index contributed by atoms with van der Waals surface area (Å²) in [6, 6.07) is 0. The van der Waals surface area contributed by atoms with Crippen LogP contribution < -0.4 is 0 Å². The first kappa shape index (κ1) is 17.8. The Balaban J connectivity index is 2.21. The van der Waals surface area contributed by atoms with E-state index in [1.807, 2.05) is 0 Å². The lowest BCUT2D eigenvalue weighted by Gasteiger charge is -2.39. The molecule has 0 aliphatic carbocycles. The minimum absolute atomic E-state index is 0.425. The number of hydrogen-bond acceptors (Lipinski definition) is 6. The van der Waals surface area contributed by atoms with E-state index in [4.69, 9.17) is 14.6 Å². The fraction of sp³-hybridized carbons (Fsp3) is 1.00. The zero-order valence-corrected chi connectivity index (χ0v) is 12.1. The molecule has 120 valence electrons. The highest BCUT2D eigenvalue weighted by Gasteiger charge is 2.43.